The maximum atomic E-state index is 13.2. The molecule has 2 saturated heterocycles. The van der Waals surface area contributed by atoms with Crippen molar-refractivity contribution in [3.05, 3.63) is 52.9 Å². The lowest BCUT2D eigenvalue weighted by atomic mass is 10.2. The molecule has 0 amide bonds. The molecule has 162 valence electrons. The average molecular weight is 455 g/mol. The Morgan fingerprint density at radius 1 is 1.03 bits per heavy atom. The highest BCUT2D eigenvalue weighted by atomic mass is 35.5. The smallest absolute Gasteiger partial charge is 0.244 e. The van der Waals surface area contributed by atoms with Gasteiger partial charge in [-0.05, 0) is 29.8 Å². The lowest BCUT2D eigenvalue weighted by Crippen LogP contribution is -2.46. The topological polar surface area (TPSA) is 66.0 Å². The summed E-state index contributed by atoms with van der Waals surface area (Å²) in [6.45, 7) is 5.37. The van der Waals surface area contributed by atoms with Crippen LogP contribution >= 0.6 is 11.6 Å². The second-order valence-corrected chi connectivity index (χ2v) is 9.71. The summed E-state index contributed by atoms with van der Waals surface area (Å²) in [5.41, 5.74) is 0.905. The van der Waals surface area contributed by atoms with Crippen molar-refractivity contribution in [2.24, 2.45) is 0 Å². The van der Waals surface area contributed by atoms with Gasteiger partial charge in [-0.15, -0.1) is 0 Å². The highest BCUT2D eigenvalue weighted by Crippen LogP contribution is 2.22. The molecule has 0 saturated carbocycles. The zero-order chi connectivity index (χ0) is 21.1. The van der Waals surface area contributed by atoms with Crippen molar-refractivity contribution in [1.82, 2.24) is 14.2 Å². The molecular formula is C20H24ClFN4O3S. The summed E-state index contributed by atoms with van der Waals surface area (Å²) in [4.78, 5) is 9.00. The number of halogens is 2. The number of nitrogens with zero attached hydrogens (tertiary/aromatic N) is 4. The van der Waals surface area contributed by atoms with E-state index < -0.39 is 10.0 Å². The molecule has 1 aromatic heterocycles. The first-order valence-corrected chi connectivity index (χ1v) is 11.7. The Labute approximate surface area is 181 Å². The summed E-state index contributed by atoms with van der Waals surface area (Å²) in [7, 11) is -3.54. The number of hydrogen-bond donors (Lipinski definition) is 0. The molecule has 7 nitrogen and oxygen atoms in total. The number of ether oxygens (including phenoxy) is 1. The van der Waals surface area contributed by atoms with E-state index in [-0.39, 0.29) is 10.7 Å². The maximum absolute atomic E-state index is 13.2. The van der Waals surface area contributed by atoms with Gasteiger partial charge in [0, 0.05) is 57.0 Å². The van der Waals surface area contributed by atoms with Crippen molar-refractivity contribution in [3.8, 4) is 0 Å². The third kappa shape index (κ3) is 4.76. The molecular weight excluding hydrogens is 431 g/mol. The molecule has 0 spiro atoms. The molecule has 2 aliphatic heterocycles. The first-order chi connectivity index (χ1) is 14.4. The van der Waals surface area contributed by atoms with E-state index in [9.17, 15) is 12.8 Å². The van der Waals surface area contributed by atoms with E-state index in [1.165, 1.54) is 22.6 Å². The van der Waals surface area contributed by atoms with Crippen LogP contribution in [-0.4, -0.2) is 75.1 Å². The fourth-order valence-electron chi connectivity index (χ4n) is 3.67. The second-order valence-electron chi connectivity index (χ2n) is 7.37. The Bertz CT molecular complexity index is 976. The molecule has 2 aliphatic rings. The predicted octanol–water partition coefficient (Wildman–Crippen LogP) is 2.22. The number of sulfonamides is 1. The Balaban J connectivity index is 1.35. The first kappa shape index (κ1) is 21.5. The minimum Gasteiger partial charge on any atom is -0.379 e. The van der Waals surface area contributed by atoms with Crippen LogP contribution in [0.25, 0.3) is 0 Å². The van der Waals surface area contributed by atoms with Gasteiger partial charge in [-0.3, -0.25) is 4.90 Å². The SMILES string of the molecule is O=S(=O)(c1ccc(N2CCN(Cc3ccc(F)cc3Cl)CC2)nc1)N1CCOCC1. The number of morpholine rings is 1. The standard InChI is InChI=1S/C20H24ClFN4O3S/c21-19-13-17(22)2-1-16(19)15-24-5-7-25(8-6-24)20-4-3-18(14-23-20)30(27,28)26-9-11-29-12-10-26/h1-4,13-14H,5-12,15H2. The van der Waals surface area contributed by atoms with Crippen molar-refractivity contribution >= 4 is 27.4 Å². The highest BCUT2D eigenvalue weighted by molar-refractivity contribution is 7.89. The molecule has 3 heterocycles. The van der Waals surface area contributed by atoms with Gasteiger partial charge in [0.2, 0.25) is 10.0 Å². The number of anilines is 1. The zero-order valence-corrected chi connectivity index (χ0v) is 18.1. The molecule has 0 unspecified atom stereocenters. The number of rotatable bonds is 5. The monoisotopic (exact) mass is 454 g/mol. The van der Waals surface area contributed by atoms with Crippen molar-refractivity contribution < 1.29 is 17.5 Å². The van der Waals surface area contributed by atoms with Gasteiger partial charge in [0.05, 0.1) is 13.2 Å². The van der Waals surface area contributed by atoms with Crippen LogP contribution in [0.3, 0.4) is 0 Å². The van der Waals surface area contributed by atoms with E-state index in [4.69, 9.17) is 16.3 Å². The van der Waals surface area contributed by atoms with Gasteiger partial charge in [-0.25, -0.2) is 17.8 Å². The van der Waals surface area contributed by atoms with Crippen molar-refractivity contribution in [2.45, 2.75) is 11.4 Å². The van der Waals surface area contributed by atoms with Gasteiger partial charge in [0.1, 0.15) is 16.5 Å². The summed E-state index contributed by atoms with van der Waals surface area (Å²) in [6, 6.07) is 7.87. The fourth-order valence-corrected chi connectivity index (χ4v) is 5.25. The molecule has 0 bridgehead atoms. The largest absolute Gasteiger partial charge is 0.379 e. The number of aromatic nitrogens is 1. The average Bonchev–Trinajstić information content (AvgIpc) is 2.77. The summed E-state index contributed by atoms with van der Waals surface area (Å²) >= 11 is 6.13. The molecule has 0 radical (unpaired) electrons. The van der Waals surface area contributed by atoms with Crippen LogP contribution < -0.4 is 4.90 Å². The van der Waals surface area contributed by atoms with Crippen LogP contribution in [0, 0.1) is 5.82 Å². The number of hydrogen-bond acceptors (Lipinski definition) is 6. The summed E-state index contributed by atoms with van der Waals surface area (Å²) in [5, 5.41) is 0.441. The normalized spacial score (nSPS) is 19.2. The predicted molar refractivity (Wildman–Crippen MR) is 113 cm³/mol. The minimum atomic E-state index is -3.54. The molecule has 1 aromatic carbocycles. The number of benzene rings is 1. The Kier molecular flexibility index (Phi) is 6.54. The highest BCUT2D eigenvalue weighted by Gasteiger charge is 2.27. The lowest BCUT2D eigenvalue weighted by molar-refractivity contribution is 0.0730. The minimum absolute atomic E-state index is 0.206. The third-order valence-electron chi connectivity index (χ3n) is 5.43. The van der Waals surface area contributed by atoms with Gasteiger partial charge >= 0.3 is 0 Å². The fraction of sp³-hybridized carbons (Fsp3) is 0.450. The Hall–Kier alpha value is -1.78. The second kappa shape index (κ2) is 9.15. The molecule has 4 rings (SSSR count). The van der Waals surface area contributed by atoms with Crippen LogP contribution in [0.15, 0.2) is 41.4 Å². The van der Waals surface area contributed by atoms with Gasteiger partial charge < -0.3 is 9.64 Å². The van der Waals surface area contributed by atoms with E-state index in [0.29, 0.717) is 37.9 Å². The number of piperazine rings is 1. The van der Waals surface area contributed by atoms with E-state index in [1.54, 1.807) is 18.2 Å². The van der Waals surface area contributed by atoms with E-state index >= 15 is 0 Å². The molecule has 2 fully saturated rings. The quantitative estimate of drug-likeness (QED) is 0.690. The molecule has 0 N–H and O–H groups in total. The van der Waals surface area contributed by atoms with E-state index in [1.807, 2.05) is 0 Å². The Morgan fingerprint density at radius 3 is 2.40 bits per heavy atom. The van der Waals surface area contributed by atoms with Crippen molar-refractivity contribution in [1.29, 1.82) is 0 Å². The van der Waals surface area contributed by atoms with Crippen LogP contribution in [-0.2, 0) is 21.3 Å². The molecule has 0 atom stereocenters. The number of pyridine rings is 1. The van der Waals surface area contributed by atoms with Crippen LogP contribution in [0.4, 0.5) is 10.2 Å². The third-order valence-corrected chi connectivity index (χ3v) is 7.67. The van der Waals surface area contributed by atoms with Crippen LogP contribution in [0.2, 0.25) is 5.02 Å². The van der Waals surface area contributed by atoms with Gasteiger partial charge in [-0.1, -0.05) is 17.7 Å². The van der Waals surface area contributed by atoms with Crippen molar-refractivity contribution in [2.75, 3.05) is 57.4 Å². The van der Waals surface area contributed by atoms with Gasteiger partial charge in [0.15, 0.2) is 0 Å². The molecule has 2 aromatic rings. The molecule has 0 aliphatic carbocycles. The molecule has 10 heteroatoms. The molecule has 30 heavy (non-hydrogen) atoms. The van der Waals surface area contributed by atoms with Gasteiger partial charge in [-0.2, -0.15) is 4.31 Å². The first-order valence-electron chi connectivity index (χ1n) is 9.89. The maximum Gasteiger partial charge on any atom is 0.244 e. The van der Waals surface area contributed by atoms with Crippen LogP contribution in [0.1, 0.15) is 5.56 Å². The summed E-state index contributed by atoms with van der Waals surface area (Å²) in [6.07, 6.45) is 1.44. The van der Waals surface area contributed by atoms with Crippen LogP contribution in [0.5, 0.6) is 0 Å². The van der Waals surface area contributed by atoms with E-state index in [0.717, 1.165) is 37.6 Å². The Morgan fingerprint density at radius 2 is 1.77 bits per heavy atom. The van der Waals surface area contributed by atoms with E-state index in [2.05, 4.69) is 14.8 Å². The van der Waals surface area contributed by atoms with Gasteiger partial charge in [0.25, 0.3) is 0 Å². The van der Waals surface area contributed by atoms with Crippen molar-refractivity contribution in [3.63, 3.8) is 0 Å². The summed E-state index contributed by atoms with van der Waals surface area (Å²) < 4.78 is 45.3. The summed E-state index contributed by atoms with van der Waals surface area (Å²) in [5.74, 6) is 0.425. The lowest BCUT2D eigenvalue weighted by Gasteiger charge is -2.35. The zero-order valence-electron chi connectivity index (χ0n) is 16.5.